The van der Waals surface area contributed by atoms with E-state index < -0.39 is 42.2 Å². The number of carbonyl (C=O) groups is 4. The summed E-state index contributed by atoms with van der Waals surface area (Å²) < 4.78 is 18.7. The van der Waals surface area contributed by atoms with Crippen molar-refractivity contribution in [1.82, 2.24) is 10.6 Å². The van der Waals surface area contributed by atoms with E-state index in [9.17, 15) is 23.6 Å². The van der Waals surface area contributed by atoms with Crippen LogP contribution in [0.3, 0.4) is 0 Å². The van der Waals surface area contributed by atoms with E-state index in [4.69, 9.17) is 4.74 Å². The van der Waals surface area contributed by atoms with E-state index in [0.29, 0.717) is 6.42 Å². The quantitative estimate of drug-likeness (QED) is 0.726. The van der Waals surface area contributed by atoms with E-state index >= 15 is 0 Å². The van der Waals surface area contributed by atoms with E-state index in [1.54, 1.807) is 13.0 Å². The van der Waals surface area contributed by atoms with Crippen LogP contribution in [-0.4, -0.2) is 43.0 Å². The summed E-state index contributed by atoms with van der Waals surface area (Å²) in [7, 11) is 0. The lowest BCUT2D eigenvalue weighted by Crippen LogP contribution is -2.44. The van der Waals surface area contributed by atoms with Crippen LogP contribution in [0.4, 0.5) is 14.9 Å². The molecule has 0 spiro atoms. The summed E-state index contributed by atoms with van der Waals surface area (Å²) in [6, 6.07) is 4.99. The molecule has 0 aliphatic carbocycles. The third kappa shape index (κ3) is 5.50. The fourth-order valence-electron chi connectivity index (χ4n) is 2.55. The highest BCUT2D eigenvalue weighted by molar-refractivity contribution is 6.00. The molecule has 1 aromatic carbocycles. The molecule has 1 fully saturated rings. The monoisotopic (exact) mass is 379 g/mol. The number of nitrogens with zero attached hydrogens (tertiary/aromatic N) is 1. The summed E-state index contributed by atoms with van der Waals surface area (Å²) >= 11 is 0. The Labute approximate surface area is 156 Å². The molecule has 4 amide bonds. The molecule has 2 atom stereocenters. The van der Waals surface area contributed by atoms with Crippen LogP contribution in [-0.2, 0) is 19.1 Å². The maximum atomic E-state index is 13.8. The van der Waals surface area contributed by atoms with Gasteiger partial charge < -0.3 is 15.0 Å². The number of imide groups is 1. The van der Waals surface area contributed by atoms with Crippen molar-refractivity contribution in [3.63, 3.8) is 0 Å². The van der Waals surface area contributed by atoms with Gasteiger partial charge >= 0.3 is 12.0 Å². The molecule has 1 saturated heterocycles. The first kappa shape index (κ1) is 20.3. The largest absolute Gasteiger partial charge is 0.455 e. The number of carbonyl (C=O) groups excluding carboxylic acids is 4. The number of hydrogen-bond donors (Lipinski definition) is 2. The maximum absolute atomic E-state index is 13.8. The second kappa shape index (κ2) is 9.11. The highest BCUT2D eigenvalue weighted by Gasteiger charge is 2.37. The summed E-state index contributed by atoms with van der Waals surface area (Å²) in [4.78, 5) is 48.5. The smallest absolute Gasteiger partial charge is 0.321 e. The molecule has 0 unspecified atom stereocenters. The minimum atomic E-state index is -0.807. The van der Waals surface area contributed by atoms with Crippen LogP contribution < -0.4 is 15.5 Å². The van der Waals surface area contributed by atoms with Crippen LogP contribution >= 0.6 is 0 Å². The van der Waals surface area contributed by atoms with Gasteiger partial charge in [-0.15, -0.1) is 0 Å². The average molecular weight is 379 g/mol. The summed E-state index contributed by atoms with van der Waals surface area (Å²) in [5.74, 6) is -3.30. The number of urea groups is 1. The van der Waals surface area contributed by atoms with Crippen molar-refractivity contribution in [3.05, 3.63) is 30.1 Å². The third-order valence-electron chi connectivity index (χ3n) is 4.19. The summed E-state index contributed by atoms with van der Waals surface area (Å²) in [5.41, 5.74) is 0.0947. The number of nitrogens with one attached hydrogen (secondary N) is 2. The van der Waals surface area contributed by atoms with Gasteiger partial charge in [0.2, 0.25) is 5.91 Å². The van der Waals surface area contributed by atoms with E-state index in [1.807, 2.05) is 12.2 Å². The second-order valence-electron chi connectivity index (χ2n) is 6.30. The van der Waals surface area contributed by atoms with E-state index in [-0.39, 0.29) is 24.7 Å². The molecule has 2 rings (SSSR count). The van der Waals surface area contributed by atoms with Gasteiger partial charge in [-0.1, -0.05) is 19.1 Å². The van der Waals surface area contributed by atoms with Gasteiger partial charge in [0.15, 0.2) is 6.61 Å². The standard InChI is InChI=1S/C18H22FN3O5/c1-3-11(2)20-18(26)21-15(23)10-27-17(25)12-8-16(24)22(9-12)14-7-5-4-6-13(14)19/h4-7,11-12H,3,8-10H2,1-2H3,(H2,20,21,23,26)/t11-,12-/m1/s1. The minimum absolute atomic E-state index is 0.0330. The summed E-state index contributed by atoms with van der Waals surface area (Å²) in [6.07, 6.45) is 0.564. The number of amides is 4. The predicted octanol–water partition coefficient (Wildman–Crippen LogP) is 1.35. The number of hydrogen-bond acceptors (Lipinski definition) is 5. The lowest BCUT2D eigenvalue weighted by molar-refractivity contribution is -0.152. The number of rotatable bonds is 6. The predicted molar refractivity (Wildman–Crippen MR) is 94.2 cm³/mol. The molecular weight excluding hydrogens is 357 g/mol. The molecule has 0 radical (unpaired) electrons. The van der Waals surface area contributed by atoms with Gasteiger partial charge in [0, 0.05) is 19.0 Å². The molecule has 1 aromatic rings. The van der Waals surface area contributed by atoms with E-state index in [1.165, 1.54) is 23.1 Å². The minimum Gasteiger partial charge on any atom is -0.455 e. The fourth-order valence-corrected chi connectivity index (χ4v) is 2.55. The molecule has 2 N–H and O–H groups in total. The average Bonchev–Trinajstić information content (AvgIpc) is 3.01. The van der Waals surface area contributed by atoms with Gasteiger partial charge in [0.05, 0.1) is 11.6 Å². The van der Waals surface area contributed by atoms with Crippen LogP contribution in [0.25, 0.3) is 0 Å². The molecule has 0 bridgehead atoms. The number of halogens is 1. The van der Waals surface area contributed by atoms with Crippen molar-refractivity contribution in [3.8, 4) is 0 Å². The normalized spacial score (nSPS) is 17.4. The zero-order valence-corrected chi connectivity index (χ0v) is 15.2. The highest BCUT2D eigenvalue weighted by atomic mass is 19.1. The molecule has 1 aliphatic heterocycles. The van der Waals surface area contributed by atoms with Crippen molar-refractivity contribution in [2.24, 2.45) is 5.92 Å². The van der Waals surface area contributed by atoms with E-state index in [2.05, 4.69) is 5.32 Å². The maximum Gasteiger partial charge on any atom is 0.321 e. The summed E-state index contributed by atoms with van der Waals surface area (Å²) in [5, 5.41) is 4.59. The van der Waals surface area contributed by atoms with Crippen molar-refractivity contribution in [2.45, 2.75) is 32.7 Å². The molecule has 27 heavy (non-hydrogen) atoms. The van der Waals surface area contributed by atoms with Gasteiger partial charge in [-0.3, -0.25) is 19.7 Å². The highest BCUT2D eigenvalue weighted by Crippen LogP contribution is 2.27. The Balaban J connectivity index is 1.83. The Morgan fingerprint density at radius 2 is 2.04 bits per heavy atom. The number of benzene rings is 1. The molecule has 0 saturated carbocycles. The lowest BCUT2D eigenvalue weighted by Gasteiger charge is -2.17. The molecule has 9 heteroatoms. The fraction of sp³-hybridized carbons (Fsp3) is 0.444. The van der Waals surface area contributed by atoms with Crippen molar-refractivity contribution in [2.75, 3.05) is 18.1 Å². The van der Waals surface area contributed by atoms with Gasteiger partial charge in [0.1, 0.15) is 5.82 Å². The van der Waals surface area contributed by atoms with Crippen LogP contribution in [0, 0.1) is 11.7 Å². The number of esters is 1. The Morgan fingerprint density at radius 1 is 1.33 bits per heavy atom. The molecule has 8 nitrogen and oxygen atoms in total. The SMILES string of the molecule is CC[C@@H](C)NC(=O)NC(=O)COC(=O)[C@@H]1CC(=O)N(c2ccccc2F)C1. The number of ether oxygens (including phenoxy) is 1. The molecule has 1 aliphatic rings. The summed E-state index contributed by atoms with van der Waals surface area (Å²) in [6.45, 7) is 2.98. The van der Waals surface area contributed by atoms with E-state index in [0.717, 1.165) is 0 Å². The molecule has 146 valence electrons. The van der Waals surface area contributed by atoms with Crippen LogP contribution in [0.5, 0.6) is 0 Å². The topological polar surface area (TPSA) is 105 Å². The van der Waals surface area contributed by atoms with Gasteiger partial charge in [0.25, 0.3) is 5.91 Å². The third-order valence-corrected chi connectivity index (χ3v) is 4.19. The Kier molecular flexibility index (Phi) is 6.86. The van der Waals surface area contributed by atoms with Crippen LogP contribution in [0.1, 0.15) is 26.7 Å². The Bertz CT molecular complexity index is 739. The number of anilines is 1. The second-order valence-corrected chi connectivity index (χ2v) is 6.30. The first-order valence-corrected chi connectivity index (χ1v) is 8.63. The van der Waals surface area contributed by atoms with Crippen molar-refractivity contribution in [1.29, 1.82) is 0 Å². The van der Waals surface area contributed by atoms with Crippen molar-refractivity contribution < 1.29 is 28.3 Å². The first-order valence-electron chi connectivity index (χ1n) is 8.63. The van der Waals surface area contributed by atoms with Crippen molar-refractivity contribution >= 4 is 29.5 Å². The van der Waals surface area contributed by atoms with Gasteiger partial charge in [-0.05, 0) is 25.5 Å². The molecule has 0 aromatic heterocycles. The Hall–Kier alpha value is -2.97. The van der Waals surface area contributed by atoms with Crippen LogP contribution in [0.15, 0.2) is 24.3 Å². The first-order chi connectivity index (χ1) is 12.8. The van der Waals surface area contributed by atoms with Crippen LogP contribution in [0.2, 0.25) is 0 Å². The van der Waals surface area contributed by atoms with Gasteiger partial charge in [-0.2, -0.15) is 0 Å². The Morgan fingerprint density at radius 3 is 2.70 bits per heavy atom. The van der Waals surface area contributed by atoms with Gasteiger partial charge in [-0.25, -0.2) is 9.18 Å². The molecular formula is C18H22FN3O5. The number of para-hydroxylation sites is 1. The zero-order chi connectivity index (χ0) is 20.0. The molecule has 1 heterocycles. The lowest BCUT2D eigenvalue weighted by atomic mass is 10.1. The zero-order valence-electron chi connectivity index (χ0n) is 15.2.